The number of thioether (sulfide) groups is 1. The summed E-state index contributed by atoms with van der Waals surface area (Å²) in [4.78, 5) is 27.6. The van der Waals surface area contributed by atoms with Crippen LogP contribution in [0.15, 0.2) is 46.9 Å². The van der Waals surface area contributed by atoms with Crippen LogP contribution < -0.4 is 11.1 Å². The number of nitrogens with zero attached hydrogens (tertiary/aromatic N) is 3. The number of hydrogen-bond donors (Lipinski definition) is 2. The van der Waals surface area contributed by atoms with Gasteiger partial charge >= 0.3 is 0 Å². The van der Waals surface area contributed by atoms with Crippen LogP contribution in [0.4, 0.5) is 5.13 Å². The summed E-state index contributed by atoms with van der Waals surface area (Å²) in [5.74, 6) is -0.501. The normalized spacial score (nSPS) is 10.6. The zero-order chi connectivity index (χ0) is 17.8. The molecule has 3 rings (SSSR count). The molecule has 0 aliphatic rings. The molecule has 0 atom stereocenters. The third-order valence-electron chi connectivity index (χ3n) is 3.19. The maximum absolute atomic E-state index is 12.4. The first-order valence-corrected chi connectivity index (χ1v) is 9.13. The van der Waals surface area contributed by atoms with E-state index < -0.39 is 5.91 Å². The van der Waals surface area contributed by atoms with Crippen molar-refractivity contribution in [2.75, 3.05) is 11.1 Å². The highest BCUT2D eigenvalue weighted by Gasteiger charge is 2.14. The number of thiazole rings is 1. The highest BCUT2D eigenvalue weighted by molar-refractivity contribution is 8.01. The lowest BCUT2D eigenvalue weighted by Gasteiger charge is -1.99. The summed E-state index contributed by atoms with van der Waals surface area (Å²) in [6, 6.07) is 9.53. The van der Waals surface area contributed by atoms with E-state index in [1.807, 2.05) is 37.3 Å². The van der Waals surface area contributed by atoms with Gasteiger partial charge in [-0.2, -0.15) is 5.10 Å². The Morgan fingerprint density at radius 2 is 2.08 bits per heavy atom. The van der Waals surface area contributed by atoms with Gasteiger partial charge in [-0.25, -0.2) is 9.67 Å². The van der Waals surface area contributed by atoms with E-state index in [9.17, 15) is 9.59 Å². The molecule has 2 heterocycles. The second kappa shape index (κ2) is 7.49. The number of nitrogens with two attached hydrogens (primary N) is 1. The van der Waals surface area contributed by atoms with Crippen LogP contribution in [-0.4, -0.2) is 32.3 Å². The summed E-state index contributed by atoms with van der Waals surface area (Å²) in [7, 11) is 0. The molecule has 0 saturated carbocycles. The van der Waals surface area contributed by atoms with Crippen molar-refractivity contribution in [1.82, 2.24) is 14.8 Å². The molecular formula is C16H15N5O2S2. The zero-order valence-electron chi connectivity index (χ0n) is 13.3. The molecule has 0 saturated heterocycles. The minimum absolute atomic E-state index is 0.181. The molecule has 0 spiro atoms. The minimum atomic E-state index is -0.392. The molecule has 1 aromatic carbocycles. The van der Waals surface area contributed by atoms with Crippen LogP contribution in [0, 0.1) is 6.92 Å². The van der Waals surface area contributed by atoms with Crippen LogP contribution in [0.2, 0.25) is 0 Å². The summed E-state index contributed by atoms with van der Waals surface area (Å²) in [6.45, 7) is 1.82. The molecule has 0 bridgehead atoms. The summed E-state index contributed by atoms with van der Waals surface area (Å²) in [5.41, 5.74) is 7.21. The van der Waals surface area contributed by atoms with Crippen LogP contribution in [0.1, 0.15) is 16.1 Å². The molecule has 0 aliphatic heterocycles. The van der Waals surface area contributed by atoms with Crippen LogP contribution in [0.25, 0.3) is 5.69 Å². The molecule has 0 unspecified atom stereocenters. The fraction of sp³-hybridized carbons (Fsp3) is 0.125. The number of aryl methyl sites for hydroxylation is 1. The summed E-state index contributed by atoms with van der Waals surface area (Å²) < 4.78 is 2.49. The molecule has 0 radical (unpaired) electrons. The Morgan fingerprint density at radius 3 is 2.80 bits per heavy atom. The van der Waals surface area contributed by atoms with Crippen LogP contribution in [-0.2, 0) is 4.79 Å². The van der Waals surface area contributed by atoms with Crippen molar-refractivity contribution < 1.29 is 9.59 Å². The smallest absolute Gasteiger partial charge is 0.260 e. The Morgan fingerprint density at radius 1 is 1.32 bits per heavy atom. The lowest BCUT2D eigenvalue weighted by Crippen LogP contribution is -2.12. The van der Waals surface area contributed by atoms with Crippen molar-refractivity contribution in [3.63, 3.8) is 0 Å². The number of rotatable bonds is 6. The van der Waals surface area contributed by atoms with Gasteiger partial charge in [0.1, 0.15) is 0 Å². The SMILES string of the molecule is Cc1nc(NC(=O)c2cnn(-c3ccccc3)c2)sc1SCC(N)=O. The van der Waals surface area contributed by atoms with Crippen molar-refractivity contribution >= 4 is 40.0 Å². The first-order valence-electron chi connectivity index (χ1n) is 7.33. The zero-order valence-corrected chi connectivity index (χ0v) is 14.9. The Labute approximate surface area is 152 Å². The van der Waals surface area contributed by atoms with Crippen LogP contribution in [0.5, 0.6) is 0 Å². The molecule has 2 amide bonds. The van der Waals surface area contributed by atoms with Gasteiger partial charge in [0, 0.05) is 6.20 Å². The molecule has 9 heteroatoms. The van der Waals surface area contributed by atoms with Crippen LogP contribution in [0.3, 0.4) is 0 Å². The van der Waals surface area contributed by atoms with Gasteiger partial charge in [0.25, 0.3) is 5.91 Å². The van der Waals surface area contributed by atoms with Gasteiger partial charge in [-0.3, -0.25) is 14.9 Å². The number of anilines is 1. The molecule has 0 aliphatic carbocycles. The van der Waals surface area contributed by atoms with Gasteiger partial charge in [-0.05, 0) is 19.1 Å². The molecule has 0 fully saturated rings. The molecule has 3 aromatic rings. The Kier molecular flexibility index (Phi) is 5.15. The quantitative estimate of drug-likeness (QED) is 0.646. The third kappa shape index (κ3) is 4.25. The molecule has 2 aromatic heterocycles. The average Bonchev–Trinajstić information content (AvgIpc) is 3.21. The van der Waals surface area contributed by atoms with Gasteiger partial charge in [0.15, 0.2) is 5.13 Å². The number of primary amides is 1. The largest absolute Gasteiger partial charge is 0.369 e. The van der Waals surface area contributed by atoms with E-state index in [2.05, 4.69) is 15.4 Å². The van der Waals surface area contributed by atoms with E-state index in [1.165, 1.54) is 29.3 Å². The number of amides is 2. The van der Waals surface area contributed by atoms with Crippen molar-refractivity contribution in [1.29, 1.82) is 0 Å². The molecule has 3 N–H and O–H groups in total. The fourth-order valence-corrected chi connectivity index (χ4v) is 3.91. The van der Waals surface area contributed by atoms with E-state index in [-0.39, 0.29) is 11.7 Å². The highest BCUT2D eigenvalue weighted by Crippen LogP contribution is 2.32. The number of benzene rings is 1. The topological polar surface area (TPSA) is 103 Å². The number of aromatic nitrogens is 3. The highest BCUT2D eigenvalue weighted by atomic mass is 32.2. The number of hydrogen-bond acceptors (Lipinski definition) is 6. The van der Waals surface area contributed by atoms with Gasteiger partial charge in [0.2, 0.25) is 5.91 Å². The first-order chi connectivity index (χ1) is 12.0. The van der Waals surface area contributed by atoms with Crippen LogP contribution >= 0.6 is 23.1 Å². The minimum Gasteiger partial charge on any atom is -0.369 e. The van der Waals surface area contributed by atoms with Gasteiger partial charge < -0.3 is 5.73 Å². The average molecular weight is 373 g/mol. The fourth-order valence-electron chi connectivity index (χ4n) is 2.04. The first kappa shape index (κ1) is 17.2. The van der Waals surface area contributed by atoms with Crippen molar-refractivity contribution in [3.05, 3.63) is 54.0 Å². The van der Waals surface area contributed by atoms with Crippen molar-refractivity contribution in [2.45, 2.75) is 11.1 Å². The third-order valence-corrected chi connectivity index (χ3v) is 5.64. The molecule has 128 valence electrons. The van der Waals surface area contributed by atoms with Gasteiger partial charge in [-0.1, -0.05) is 29.5 Å². The monoisotopic (exact) mass is 373 g/mol. The van der Waals surface area contributed by atoms with E-state index >= 15 is 0 Å². The predicted octanol–water partition coefficient (Wildman–Crippen LogP) is 2.47. The predicted molar refractivity (Wildman–Crippen MR) is 98.3 cm³/mol. The summed E-state index contributed by atoms with van der Waals surface area (Å²) in [5, 5.41) is 7.44. The number of carbonyl (C=O) groups is 2. The summed E-state index contributed by atoms with van der Waals surface area (Å²) >= 11 is 2.63. The second-order valence-corrected chi connectivity index (χ2v) is 7.35. The van der Waals surface area contributed by atoms with Gasteiger partial charge in [-0.15, -0.1) is 11.8 Å². The van der Waals surface area contributed by atoms with Crippen molar-refractivity contribution in [3.8, 4) is 5.69 Å². The number of para-hydroxylation sites is 1. The maximum Gasteiger partial charge on any atom is 0.260 e. The molecular weight excluding hydrogens is 358 g/mol. The molecule has 25 heavy (non-hydrogen) atoms. The standard InChI is InChI=1S/C16H15N5O2S2/c1-10-15(24-9-13(17)22)25-16(19-10)20-14(23)11-7-18-21(8-11)12-5-3-2-4-6-12/h2-8H,9H2,1H3,(H2,17,22)(H,19,20,23). The van der Waals surface area contributed by atoms with E-state index in [4.69, 9.17) is 5.73 Å². The lowest BCUT2D eigenvalue weighted by molar-refractivity contribution is -0.115. The van der Waals surface area contributed by atoms with E-state index in [0.29, 0.717) is 10.7 Å². The maximum atomic E-state index is 12.4. The Hall–Kier alpha value is -2.65. The Bertz CT molecular complexity index is 904. The second-order valence-electron chi connectivity index (χ2n) is 5.11. The van der Waals surface area contributed by atoms with E-state index in [1.54, 1.807) is 10.9 Å². The van der Waals surface area contributed by atoms with Gasteiger partial charge in [0.05, 0.1) is 33.1 Å². The lowest BCUT2D eigenvalue weighted by atomic mass is 10.3. The number of carbonyl (C=O) groups excluding carboxylic acids is 2. The summed E-state index contributed by atoms with van der Waals surface area (Å²) in [6.07, 6.45) is 3.17. The van der Waals surface area contributed by atoms with E-state index in [0.717, 1.165) is 15.6 Å². The number of nitrogens with one attached hydrogen (secondary N) is 1. The molecule has 7 nitrogen and oxygen atoms in total. The Balaban J connectivity index is 1.70. The van der Waals surface area contributed by atoms with Crippen molar-refractivity contribution in [2.24, 2.45) is 5.73 Å².